The average molecular weight is 490 g/mol. The van der Waals surface area contributed by atoms with E-state index in [0.717, 1.165) is 30.7 Å². The molecule has 0 saturated carbocycles. The lowest BCUT2D eigenvalue weighted by molar-refractivity contribution is 0.150. The van der Waals surface area contributed by atoms with Gasteiger partial charge in [0.1, 0.15) is 0 Å². The van der Waals surface area contributed by atoms with Gasteiger partial charge in [-0.15, -0.1) is 24.0 Å². The molecule has 0 radical (unpaired) electrons. The molecule has 0 aliphatic carbocycles. The molecule has 1 aromatic carbocycles. The fourth-order valence-electron chi connectivity index (χ4n) is 3.17. The number of benzene rings is 1. The van der Waals surface area contributed by atoms with Crippen LogP contribution in [-0.2, 0) is 0 Å². The Bertz CT molecular complexity index is 589. The molecule has 2 N–H and O–H groups in total. The molecule has 1 heterocycles. The van der Waals surface area contributed by atoms with Crippen molar-refractivity contribution in [1.82, 2.24) is 10.2 Å². The lowest BCUT2D eigenvalue weighted by atomic mass is 9.98. The second-order valence-corrected chi connectivity index (χ2v) is 6.98. The van der Waals surface area contributed by atoms with Gasteiger partial charge in [-0.2, -0.15) is 0 Å². The molecule has 154 valence electrons. The van der Waals surface area contributed by atoms with Gasteiger partial charge in [-0.25, -0.2) is 0 Å². The summed E-state index contributed by atoms with van der Waals surface area (Å²) in [6, 6.07) is 6.22. The number of aliphatic imine (C=N–C) groups is 1. The van der Waals surface area contributed by atoms with Crippen LogP contribution in [0.25, 0.3) is 0 Å². The van der Waals surface area contributed by atoms with Crippen LogP contribution in [0.4, 0.5) is 5.69 Å². The van der Waals surface area contributed by atoms with Gasteiger partial charge in [0.2, 0.25) is 0 Å². The van der Waals surface area contributed by atoms with Crippen molar-refractivity contribution >= 4 is 35.6 Å². The molecule has 0 amide bonds. The lowest BCUT2D eigenvalue weighted by Crippen LogP contribution is -2.41. The molecule has 1 unspecified atom stereocenters. The van der Waals surface area contributed by atoms with Crippen molar-refractivity contribution in [2.24, 2.45) is 10.9 Å². The van der Waals surface area contributed by atoms with Gasteiger partial charge in [-0.05, 0) is 57.8 Å². The van der Waals surface area contributed by atoms with Crippen LogP contribution in [0.15, 0.2) is 23.2 Å². The summed E-state index contributed by atoms with van der Waals surface area (Å²) in [5.41, 5.74) is 0.918. The van der Waals surface area contributed by atoms with Gasteiger partial charge in [-0.3, -0.25) is 9.89 Å². The zero-order valence-corrected chi connectivity index (χ0v) is 19.6. The van der Waals surface area contributed by atoms with Crippen LogP contribution in [0.1, 0.15) is 33.6 Å². The van der Waals surface area contributed by atoms with Crippen LogP contribution in [0.3, 0.4) is 0 Å². The number of hydrogen-bond donors (Lipinski definition) is 2. The van der Waals surface area contributed by atoms with Crippen LogP contribution in [0.2, 0.25) is 0 Å². The minimum atomic E-state index is 0. The molecule has 1 aromatic rings. The average Bonchev–Trinajstić information content (AvgIpc) is 2.66. The summed E-state index contributed by atoms with van der Waals surface area (Å²) in [5, 5.41) is 6.67. The molecule has 0 spiro atoms. The first-order valence-electron chi connectivity index (χ1n) is 9.58. The van der Waals surface area contributed by atoms with E-state index < -0.39 is 0 Å². The molecule has 1 saturated heterocycles. The highest BCUT2D eigenvalue weighted by molar-refractivity contribution is 14.0. The summed E-state index contributed by atoms with van der Waals surface area (Å²) in [4.78, 5) is 7.33. The number of piperidine rings is 1. The monoisotopic (exact) mass is 490 g/mol. The largest absolute Gasteiger partial charge is 0.493 e. The summed E-state index contributed by atoms with van der Waals surface area (Å²) < 4.78 is 10.7. The van der Waals surface area contributed by atoms with Gasteiger partial charge in [-0.1, -0.05) is 6.92 Å². The number of rotatable bonds is 7. The third-order valence-corrected chi connectivity index (χ3v) is 4.95. The summed E-state index contributed by atoms with van der Waals surface area (Å²) in [6.07, 6.45) is 2.58. The number of ether oxygens (including phenoxy) is 2. The fourth-order valence-corrected chi connectivity index (χ4v) is 3.17. The van der Waals surface area contributed by atoms with Crippen LogP contribution in [0.5, 0.6) is 11.5 Å². The third kappa shape index (κ3) is 7.37. The number of anilines is 1. The van der Waals surface area contributed by atoms with Crippen molar-refractivity contribution in [3.05, 3.63) is 18.2 Å². The third-order valence-electron chi connectivity index (χ3n) is 4.95. The first kappa shape index (κ1) is 23.8. The number of nitrogens with zero attached hydrogens (tertiary/aromatic N) is 2. The Kier molecular flexibility index (Phi) is 10.8. The number of likely N-dealkylation sites (tertiary alicyclic amines) is 1. The molecule has 1 aliphatic rings. The molecule has 1 atom stereocenters. The normalized spacial score (nSPS) is 17.0. The number of guanidine groups is 1. The quantitative estimate of drug-likeness (QED) is 0.346. The van der Waals surface area contributed by atoms with Crippen molar-refractivity contribution < 1.29 is 9.47 Å². The smallest absolute Gasteiger partial charge is 0.195 e. The van der Waals surface area contributed by atoms with E-state index in [1.54, 1.807) is 14.2 Å². The predicted octanol–water partition coefficient (Wildman–Crippen LogP) is 3.82. The highest BCUT2D eigenvalue weighted by Gasteiger charge is 2.20. The predicted molar refractivity (Wildman–Crippen MR) is 124 cm³/mol. The number of hydrogen-bond acceptors (Lipinski definition) is 4. The van der Waals surface area contributed by atoms with E-state index in [1.165, 1.54) is 25.9 Å². The summed E-state index contributed by atoms with van der Waals surface area (Å²) >= 11 is 0. The molecule has 1 aliphatic heterocycles. The minimum Gasteiger partial charge on any atom is -0.493 e. The van der Waals surface area contributed by atoms with E-state index in [4.69, 9.17) is 14.5 Å². The molecule has 0 bridgehead atoms. The highest BCUT2D eigenvalue weighted by Crippen LogP contribution is 2.29. The molecule has 0 aromatic heterocycles. The first-order chi connectivity index (χ1) is 12.6. The number of halogens is 1. The standard InChI is InChI=1S/C20H34N4O2.HI/c1-6-21-20(22-14-16(3)24-11-9-15(2)10-12-24)23-17-7-8-18(25-4)19(13-17)26-5;/h7-8,13,15-16H,6,9-12,14H2,1-5H3,(H2,21,22,23);1H. The van der Waals surface area contributed by atoms with Gasteiger partial charge in [0.05, 0.1) is 20.8 Å². The van der Waals surface area contributed by atoms with E-state index >= 15 is 0 Å². The highest BCUT2D eigenvalue weighted by atomic mass is 127. The second kappa shape index (κ2) is 12.3. The molecule has 27 heavy (non-hydrogen) atoms. The minimum absolute atomic E-state index is 0. The molecule has 7 heteroatoms. The Morgan fingerprint density at radius 3 is 2.48 bits per heavy atom. The van der Waals surface area contributed by atoms with Gasteiger partial charge in [0.25, 0.3) is 0 Å². The van der Waals surface area contributed by atoms with E-state index in [-0.39, 0.29) is 24.0 Å². The molecular weight excluding hydrogens is 455 g/mol. The molecular formula is C20H35IN4O2. The Labute approximate surface area is 181 Å². The maximum atomic E-state index is 5.37. The maximum Gasteiger partial charge on any atom is 0.195 e. The zero-order chi connectivity index (χ0) is 18.9. The molecule has 1 fully saturated rings. The molecule has 6 nitrogen and oxygen atoms in total. The van der Waals surface area contributed by atoms with E-state index in [0.29, 0.717) is 17.5 Å². The van der Waals surface area contributed by atoms with E-state index in [1.807, 2.05) is 18.2 Å². The van der Waals surface area contributed by atoms with E-state index in [9.17, 15) is 0 Å². The van der Waals surface area contributed by atoms with Crippen molar-refractivity contribution in [2.75, 3.05) is 45.7 Å². The Hall–Kier alpha value is -1.22. The number of nitrogens with one attached hydrogen (secondary N) is 2. The second-order valence-electron chi connectivity index (χ2n) is 6.98. The maximum absolute atomic E-state index is 5.37. The van der Waals surface area contributed by atoms with Gasteiger partial charge in [0.15, 0.2) is 17.5 Å². The summed E-state index contributed by atoms with van der Waals surface area (Å²) in [7, 11) is 3.28. The zero-order valence-electron chi connectivity index (χ0n) is 17.2. The SMILES string of the molecule is CCNC(=NCC(C)N1CCC(C)CC1)Nc1ccc(OC)c(OC)c1.I. The lowest BCUT2D eigenvalue weighted by Gasteiger charge is -2.34. The van der Waals surface area contributed by atoms with Crippen LogP contribution in [-0.4, -0.2) is 57.3 Å². The van der Waals surface area contributed by atoms with Gasteiger partial charge < -0.3 is 20.1 Å². The van der Waals surface area contributed by atoms with Gasteiger partial charge in [0, 0.05) is 24.3 Å². The van der Waals surface area contributed by atoms with Crippen LogP contribution in [0, 0.1) is 5.92 Å². The van der Waals surface area contributed by atoms with Crippen molar-refractivity contribution in [3.63, 3.8) is 0 Å². The van der Waals surface area contributed by atoms with Crippen LogP contribution < -0.4 is 20.1 Å². The molecule has 2 rings (SSSR count). The Morgan fingerprint density at radius 2 is 1.89 bits per heavy atom. The Morgan fingerprint density at radius 1 is 1.22 bits per heavy atom. The van der Waals surface area contributed by atoms with Crippen molar-refractivity contribution in [2.45, 2.75) is 39.7 Å². The summed E-state index contributed by atoms with van der Waals surface area (Å²) in [5.74, 6) is 3.06. The van der Waals surface area contributed by atoms with E-state index in [2.05, 4.69) is 36.3 Å². The summed E-state index contributed by atoms with van der Waals surface area (Å²) in [6.45, 7) is 10.6. The number of methoxy groups -OCH3 is 2. The van der Waals surface area contributed by atoms with Gasteiger partial charge >= 0.3 is 0 Å². The van der Waals surface area contributed by atoms with Crippen molar-refractivity contribution in [3.8, 4) is 11.5 Å². The first-order valence-corrected chi connectivity index (χ1v) is 9.58. The van der Waals surface area contributed by atoms with Crippen LogP contribution >= 0.6 is 24.0 Å². The topological polar surface area (TPSA) is 58.1 Å². The van der Waals surface area contributed by atoms with Crippen molar-refractivity contribution in [1.29, 1.82) is 0 Å². The Balaban J connectivity index is 0.00000364. The fraction of sp³-hybridized carbons (Fsp3) is 0.650.